The van der Waals surface area contributed by atoms with Crippen LogP contribution in [0.4, 0.5) is 0 Å². The summed E-state index contributed by atoms with van der Waals surface area (Å²) in [6.07, 6.45) is 3.32. The highest BCUT2D eigenvalue weighted by molar-refractivity contribution is 6.36. The van der Waals surface area contributed by atoms with Crippen LogP contribution in [0, 0.1) is 0 Å². The SMILES string of the molecule is O=C(/C=C\c1ccccc1O)N1CCc2c(Cl)c(O)c(O)c(Cl)c2C1. The Kier molecular flexibility index (Phi) is 4.79. The van der Waals surface area contributed by atoms with Gasteiger partial charge in [-0.1, -0.05) is 41.4 Å². The molecule has 0 saturated carbocycles. The number of hydrogen-bond donors (Lipinski definition) is 3. The third kappa shape index (κ3) is 3.25. The van der Waals surface area contributed by atoms with Crippen molar-refractivity contribution in [3.8, 4) is 17.2 Å². The molecular weight excluding hydrogens is 365 g/mol. The van der Waals surface area contributed by atoms with Crippen molar-refractivity contribution in [2.24, 2.45) is 0 Å². The van der Waals surface area contributed by atoms with Gasteiger partial charge in [-0.05, 0) is 29.7 Å². The van der Waals surface area contributed by atoms with Crippen LogP contribution < -0.4 is 0 Å². The number of para-hydroxylation sites is 1. The number of benzene rings is 2. The van der Waals surface area contributed by atoms with Crippen LogP contribution in [-0.4, -0.2) is 32.7 Å². The lowest BCUT2D eigenvalue weighted by atomic mass is 9.98. The number of halogens is 2. The number of fused-ring (bicyclic) bond motifs is 1. The van der Waals surface area contributed by atoms with E-state index >= 15 is 0 Å². The molecule has 2 aromatic rings. The molecule has 0 radical (unpaired) electrons. The summed E-state index contributed by atoms with van der Waals surface area (Å²) < 4.78 is 0. The van der Waals surface area contributed by atoms with Gasteiger partial charge in [0.05, 0.1) is 10.0 Å². The summed E-state index contributed by atoms with van der Waals surface area (Å²) in [5, 5.41) is 29.4. The molecule has 0 aliphatic carbocycles. The van der Waals surface area contributed by atoms with Crippen molar-refractivity contribution in [1.82, 2.24) is 4.90 Å². The standard InChI is InChI=1S/C18H15Cl2NO4/c19-15-11-7-8-21(9-12(11)16(20)18(25)17(15)24)14(23)6-5-10-3-1-2-4-13(10)22/h1-6,22,24-25H,7-9H2/b6-5-. The van der Waals surface area contributed by atoms with E-state index in [1.165, 1.54) is 18.2 Å². The van der Waals surface area contributed by atoms with Gasteiger partial charge in [-0.15, -0.1) is 0 Å². The smallest absolute Gasteiger partial charge is 0.246 e. The fourth-order valence-corrected chi connectivity index (χ4v) is 3.35. The number of carbonyl (C=O) groups excluding carboxylic acids is 1. The molecule has 1 amide bonds. The maximum Gasteiger partial charge on any atom is 0.246 e. The van der Waals surface area contributed by atoms with E-state index in [0.717, 1.165) is 0 Å². The predicted molar refractivity (Wildman–Crippen MR) is 96.1 cm³/mol. The molecule has 7 heteroatoms. The molecule has 0 aromatic heterocycles. The van der Waals surface area contributed by atoms with Gasteiger partial charge in [0.15, 0.2) is 11.5 Å². The first-order chi connectivity index (χ1) is 11.9. The van der Waals surface area contributed by atoms with E-state index in [1.54, 1.807) is 23.1 Å². The Morgan fingerprint density at radius 1 is 1.04 bits per heavy atom. The van der Waals surface area contributed by atoms with Gasteiger partial charge in [-0.3, -0.25) is 4.79 Å². The van der Waals surface area contributed by atoms with E-state index in [4.69, 9.17) is 23.2 Å². The highest BCUT2D eigenvalue weighted by Gasteiger charge is 2.28. The van der Waals surface area contributed by atoms with Gasteiger partial charge < -0.3 is 20.2 Å². The minimum Gasteiger partial charge on any atom is -0.507 e. The number of aromatic hydroxyl groups is 3. The summed E-state index contributed by atoms with van der Waals surface area (Å²) in [5.41, 5.74) is 1.70. The maximum atomic E-state index is 12.4. The van der Waals surface area contributed by atoms with Gasteiger partial charge in [0, 0.05) is 24.7 Å². The number of phenolic OH excluding ortho intramolecular Hbond substituents is 3. The number of amides is 1. The molecule has 3 N–H and O–H groups in total. The second-order valence-corrected chi connectivity index (χ2v) is 6.44. The lowest BCUT2D eigenvalue weighted by Gasteiger charge is -2.30. The summed E-state index contributed by atoms with van der Waals surface area (Å²) in [6, 6.07) is 6.70. The minimum atomic E-state index is -0.482. The van der Waals surface area contributed by atoms with Gasteiger partial charge in [0.25, 0.3) is 0 Å². The van der Waals surface area contributed by atoms with Crippen LogP contribution in [-0.2, 0) is 17.8 Å². The van der Waals surface area contributed by atoms with Gasteiger partial charge in [-0.25, -0.2) is 0 Å². The molecular formula is C18H15Cl2NO4. The summed E-state index contributed by atoms with van der Waals surface area (Å²) in [7, 11) is 0. The Hall–Kier alpha value is -2.37. The molecule has 1 heterocycles. The van der Waals surface area contributed by atoms with Crippen LogP contribution in [0.25, 0.3) is 6.08 Å². The summed E-state index contributed by atoms with van der Waals surface area (Å²) >= 11 is 12.2. The first-order valence-corrected chi connectivity index (χ1v) is 8.31. The first kappa shape index (κ1) is 17.5. The number of nitrogens with zero attached hydrogens (tertiary/aromatic N) is 1. The highest BCUT2D eigenvalue weighted by atomic mass is 35.5. The zero-order valence-electron chi connectivity index (χ0n) is 13.0. The van der Waals surface area contributed by atoms with E-state index in [1.807, 2.05) is 0 Å². The van der Waals surface area contributed by atoms with E-state index in [9.17, 15) is 20.1 Å². The first-order valence-electron chi connectivity index (χ1n) is 7.55. The van der Waals surface area contributed by atoms with E-state index in [0.29, 0.717) is 29.7 Å². The van der Waals surface area contributed by atoms with E-state index in [2.05, 4.69) is 0 Å². The Labute approximate surface area is 154 Å². The average Bonchev–Trinajstić information content (AvgIpc) is 2.63. The topological polar surface area (TPSA) is 81.0 Å². The van der Waals surface area contributed by atoms with Crippen molar-refractivity contribution < 1.29 is 20.1 Å². The van der Waals surface area contributed by atoms with Crippen molar-refractivity contribution in [3.63, 3.8) is 0 Å². The normalized spacial score (nSPS) is 13.9. The molecule has 1 aliphatic heterocycles. The Bertz CT molecular complexity index is 880. The van der Waals surface area contributed by atoms with Gasteiger partial charge in [0.1, 0.15) is 5.75 Å². The van der Waals surface area contributed by atoms with Crippen LogP contribution in [0.5, 0.6) is 17.2 Å². The third-order valence-electron chi connectivity index (χ3n) is 4.17. The Morgan fingerprint density at radius 3 is 2.36 bits per heavy atom. The van der Waals surface area contributed by atoms with Crippen molar-refractivity contribution >= 4 is 35.2 Å². The molecule has 0 spiro atoms. The van der Waals surface area contributed by atoms with Crippen LogP contribution in [0.2, 0.25) is 10.0 Å². The van der Waals surface area contributed by atoms with Crippen LogP contribution >= 0.6 is 23.2 Å². The van der Waals surface area contributed by atoms with Gasteiger partial charge in [-0.2, -0.15) is 0 Å². The average molecular weight is 380 g/mol. The fraction of sp³-hybridized carbons (Fsp3) is 0.167. The van der Waals surface area contributed by atoms with Crippen molar-refractivity contribution in [2.75, 3.05) is 6.54 Å². The molecule has 1 aliphatic rings. The van der Waals surface area contributed by atoms with Crippen molar-refractivity contribution in [1.29, 1.82) is 0 Å². The number of phenols is 3. The summed E-state index contributed by atoms with van der Waals surface area (Å²) in [5.74, 6) is -1.09. The molecule has 0 saturated heterocycles. The lowest BCUT2D eigenvalue weighted by Crippen LogP contribution is -2.35. The molecule has 2 aromatic carbocycles. The molecule has 0 bridgehead atoms. The highest BCUT2D eigenvalue weighted by Crippen LogP contribution is 2.46. The van der Waals surface area contributed by atoms with Crippen LogP contribution in [0.15, 0.2) is 30.3 Å². The monoisotopic (exact) mass is 379 g/mol. The number of rotatable bonds is 2. The fourth-order valence-electron chi connectivity index (χ4n) is 2.78. The zero-order chi connectivity index (χ0) is 18.1. The molecule has 130 valence electrons. The number of carbonyl (C=O) groups is 1. The molecule has 3 rings (SSSR count). The van der Waals surface area contributed by atoms with Gasteiger partial charge in [0.2, 0.25) is 5.91 Å². The number of hydrogen-bond acceptors (Lipinski definition) is 4. The second-order valence-electron chi connectivity index (χ2n) is 5.68. The Morgan fingerprint density at radius 2 is 1.68 bits per heavy atom. The van der Waals surface area contributed by atoms with E-state index < -0.39 is 11.5 Å². The predicted octanol–water partition coefficient (Wildman–Crippen LogP) is 3.71. The molecule has 25 heavy (non-hydrogen) atoms. The molecule has 0 fully saturated rings. The van der Waals surface area contributed by atoms with E-state index in [-0.39, 0.29) is 28.2 Å². The summed E-state index contributed by atoms with van der Waals surface area (Å²) in [6.45, 7) is 0.572. The second kappa shape index (κ2) is 6.86. The quantitative estimate of drug-likeness (QED) is 0.548. The maximum absolute atomic E-state index is 12.4. The van der Waals surface area contributed by atoms with Gasteiger partial charge >= 0.3 is 0 Å². The molecule has 0 atom stereocenters. The largest absolute Gasteiger partial charge is 0.507 e. The Balaban J connectivity index is 1.83. The van der Waals surface area contributed by atoms with Crippen LogP contribution in [0.1, 0.15) is 16.7 Å². The summed E-state index contributed by atoms with van der Waals surface area (Å²) in [4.78, 5) is 14.0. The zero-order valence-corrected chi connectivity index (χ0v) is 14.6. The van der Waals surface area contributed by atoms with Crippen LogP contribution in [0.3, 0.4) is 0 Å². The molecule has 5 nitrogen and oxygen atoms in total. The minimum absolute atomic E-state index is 0.000849. The molecule has 0 unspecified atom stereocenters. The third-order valence-corrected chi connectivity index (χ3v) is 4.98. The lowest BCUT2D eigenvalue weighted by molar-refractivity contribution is -0.126. The van der Waals surface area contributed by atoms with Crippen molar-refractivity contribution in [2.45, 2.75) is 13.0 Å². The van der Waals surface area contributed by atoms with Crippen molar-refractivity contribution in [3.05, 3.63) is 57.1 Å².